The van der Waals surface area contributed by atoms with Gasteiger partial charge in [0.1, 0.15) is 5.60 Å². The van der Waals surface area contributed by atoms with Gasteiger partial charge in [0.2, 0.25) is 0 Å². The molecule has 2 heterocycles. The van der Waals surface area contributed by atoms with Crippen LogP contribution in [0.5, 0.6) is 0 Å². The number of aromatic nitrogens is 2. The minimum atomic E-state index is -0.993. The van der Waals surface area contributed by atoms with Crippen molar-refractivity contribution in [2.24, 2.45) is 0 Å². The van der Waals surface area contributed by atoms with Crippen LogP contribution in [-0.4, -0.2) is 15.1 Å². The van der Waals surface area contributed by atoms with E-state index in [1.54, 1.807) is 24.8 Å². The molecule has 0 radical (unpaired) electrons. The fraction of sp³-hybridized carbons (Fsp3) is 0.474. The van der Waals surface area contributed by atoms with Gasteiger partial charge in [-0.05, 0) is 25.0 Å². The van der Waals surface area contributed by atoms with Crippen molar-refractivity contribution in [3.8, 4) is 0 Å². The molecule has 0 aliphatic carbocycles. The molecule has 3 heteroatoms. The smallest absolute Gasteiger partial charge is 0.118 e. The molecule has 22 heavy (non-hydrogen) atoms. The van der Waals surface area contributed by atoms with Crippen molar-refractivity contribution in [3.63, 3.8) is 0 Å². The van der Waals surface area contributed by atoms with Crippen molar-refractivity contribution < 1.29 is 5.11 Å². The van der Waals surface area contributed by atoms with Crippen molar-refractivity contribution in [3.05, 3.63) is 60.2 Å². The molecule has 0 saturated heterocycles. The molecule has 0 amide bonds. The Morgan fingerprint density at radius 1 is 0.864 bits per heavy atom. The van der Waals surface area contributed by atoms with Crippen LogP contribution in [0.25, 0.3) is 0 Å². The molecular formula is C19H26N2O. The summed E-state index contributed by atoms with van der Waals surface area (Å²) in [7, 11) is 0. The normalized spacial score (nSPS) is 11.5. The Kier molecular flexibility index (Phi) is 6.53. The van der Waals surface area contributed by atoms with E-state index < -0.39 is 5.60 Å². The maximum absolute atomic E-state index is 11.3. The first-order chi connectivity index (χ1) is 10.8. The van der Waals surface area contributed by atoms with Crippen LogP contribution in [0.15, 0.2) is 49.1 Å². The molecule has 0 saturated carbocycles. The lowest BCUT2D eigenvalue weighted by molar-refractivity contribution is 0.0671. The summed E-state index contributed by atoms with van der Waals surface area (Å²) in [6.45, 7) is 2.23. The average molecular weight is 298 g/mol. The van der Waals surface area contributed by atoms with Crippen LogP contribution < -0.4 is 0 Å². The summed E-state index contributed by atoms with van der Waals surface area (Å²) < 4.78 is 0. The SMILES string of the molecule is CCCCCCCCC(O)(c1cccnc1)c1cccnc1. The monoisotopic (exact) mass is 298 g/mol. The van der Waals surface area contributed by atoms with Crippen LogP contribution in [0, 0.1) is 0 Å². The Balaban J connectivity index is 2.07. The van der Waals surface area contributed by atoms with E-state index in [1.807, 2.05) is 24.3 Å². The van der Waals surface area contributed by atoms with E-state index in [1.165, 1.54) is 25.7 Å². The van der Waals surface area contributed by atoms with E-state index >= 15 is 0 Å². The number of hydrogen-bond donors (Lipinski definition) is 1. The van der Waals surface area contributed by atoms with Gasteiger partial charge in [-0.15, -0.1) is 0 Å². The number of unbranched alkanes of at least 4 members (excludes halogenated alkanes) is 5. The molecule has 2 rings (SSSR count). The van der Waals surface area contributed by atoms with E-state index in [4.69, 9.17) is 0 Å². The minimum Gasteiger partial charge on any atom is -0.380 e. The van der Waals surface area contributed by atoms with E-state index in [2.05, 4.69) is 16.9 Å². The van der Waals surface area contributed by atoms with Crippen molar-refractivity contribution in [2.75, 3.05) is 0 Å². The summed E-state index contributed by atoms with van der Waals surface area (Å²) in [5.41, 5.74) is 0.695. The van der Waals surface area contributed by atoms with E-state index in [-0.39, 0.29) is 0 Å². The molecule has 1 N–H and O–H groups in total. The molecule has 0 aromatic carbocycles. The Morgan fingerprint density at radius 2 is 1.41 bits per heavy atom. The zero-order valence-electron chi connectivity index (χ0n) is 13.4. The summed E-state index contributed by atoms with van der Waals surface area (Å²) in [5, 5.41) is 11.3. The minimum absolute atomic E-state index is 0.705. The van der Waals surface area contributed by atoms with Gasteiger partial charge in [-0.2, -0.15) is 0 Å². The van der Waals surface area contributed by atoms with Crippen LogP contribution in [0.2, 0.25) is 0 Å². The number of pyridine rings is 2. The first-order valence-electron chi connectivity index (χ1n) is 8.31. The third-order valence-corrected chi connectivity index (χ3v) is 4.17. The van der Waals surface area contributed by atoms with Gasteiger partial charge in [-0.1, -0.05) is 51.2 Å². The van der Waals surface area contributed by atoms with Crippen LogP contribution >= 0.6 is 0 Å². The lowest BCUT2D eigenvalue weighted by Gasteiger charge is -2.28. The van der Waals surface area contributed by atoms with Crippen molar-refractivity contribution in [2.45, 2.75) is 57.5 Å². The summed E-state index contributed by atoms with van der Waals surface area (Å²) in [5.74, 6) is 0. The predicted molar refractivity (Wildman–Crippen MR) is 89.5 cm³/mol. The largest absolute Gasteiger partial charge is 0.380 e. The highest BCUT2D eigenvalue weighted by Gasteiger charge is 2.31. The molecule has 0 unspecified atom stereocenters. The first kappa shape index (κ1) is 16.6. The molecular weight excluding hydrogens is 272 g/mol. The van der Waals surface area contributed by atoms with Gasteiger partial charge in [0.05, 0.1) is 0 Å². The summed E-state index contributed by atoms with van der Waals surface area (Å²) in [6, 6.07) is 7.63. The third kappa shape index (κ3) is 4.38. The number of nitrogens with zero attached hydrogens (tertiary/aromatic N) is 2. The molecule has 3 nitrogen and oxygen atoms in total. The molecule has 2 aromatic rings. The molecule has 0 spiro atoms. The van der Waals surface area contributed by atoms with Crippen molar-refractivity contribution in [1.29, 1.82) is 0 Å². The third-order valence-electron chi connectivity index (χ3n) is 4.17. The van der Waals surface area contributed by atoms with E-state index in [0.717, 1.165) is 24.0 Å². The fourth-order valence-corrected chi connectivity index (χ4v) is 2.83. The Labute approximate surface area is 133 Å². The maximum atomic E-state index is 11.3. The van der Waals surface area contributed by atoms with Gasteiger partial charge in [-0.25, -0.2) is 0 Å². The van der Waals surface area contributed by atoms with Crippen LogP contribution in [0.1, 0.15) is 63.0 Å². The fourth-order valence-electron chi connectivity index (χ4n) is 2.83. The number of rotatable bonds is 9. The molecule has 0 aliphatic heterocycles. The Morgan fingerprint density at radius 3 is 1.91 bits per heavy atom. The average Bonchev–Trinajstić information content (AvgIpc) is 2.59. The lowest BCUT2D eigenvalue weighted by Crippen LogP contribution is -2.27. The van der Waals surface area contributed by atoms with E-state index in [0.29, 0.717) is 6.42 Å². The molecule has 118 valence electrons. The van der Waals surface area contributed by atoms with Gasteiger partial charge in [0.15, 0.2) is 0 Å². The highest BCUT2D eigenvalue weighted by atomic mass is 16.3. The second kappa shape index (κ2) is 8.64. The first-order valence-corrected chi connectivity index (χ1v) is 8.31. The maximum Gasteiger partial charge on any atom is 0.118 e. The second-order valence-corrected chi connectivity index (χ2v) is 5.86. The molecule has 0 aliphatic rings. The van der Waals surface area contributed by atoms with Crippen LogP contribution in [-0.2, 0) is 5.60 Å². The zero-order chi connectivity index (χ0) is 15.7. The van der Waals surface area contributed by atoms with Gasteiger partial charge < -0.3 is 5.11 Å². The molecule has 0 fully saturated rings. The van der Waals surface area contributed by atoms with Crippen LogP contribution in [0.3, 0.4) is 0 Å². The number of hydrogen-bond acceptors (Lipinski definition) is 3. The highest BCUT2D eigenvalue weighted by Crippen LogP contribution is 2.34. The van der Waals surface area contributed by atoms with Gasteiger partial charge in [0.25, 0.3) is 0 Å². The predicted octanol–water partition coefficient (Wildman–Crippen LogP) is 4.46. The van der Waals surface area contributed by atoms with Gasteiger partial charge >= 0.3 is 0 Å². The molecule has 2 aromatic heterocycles. The Hall–Kier alpha value is -1.74. The summed E-state index contributed by atoms with van der Waals surface area (Å²) in [4.78, 5) is 8.33. The second-order valence-electron chi connectivity index (χ2n) is 5.86. The van der Waals surface area contributed by atoms with Gasteiger partial charge in [0, 0.05) is 35.9 Å². The molecule has 0 bridgehead atoms. The molecule has 0 atom stereocenters. The number of aliphatic hydroxyl groups is 1. The lowest BCUT2D eigenvalue weighted by atomic mass is 9.83. The van der Waals surface area contributed by atoms with Crippen LogP contribution in [0.4, 0.5) is 0 Å². The van der Waals surface area contributed by atoms with E-state index in [9.17, 15) is 5.11 Å². The highest BCUT2D eigenvalue weighted by molar-refractivity contribution is 5.32. The summed E-state index contributed by atoms with van der Waals surface area (Å²) >= 11 is 0. The Bertz CT molecular complexity index is 488. The van der Waals surface area contributed by atoms with Crippen molar-refractivity contribution in [1.82, 2.24) is 9.97 Å². The quantitative estimate of drug-likeness (QED) is 0.695. The standard InChI is InChI=1S/C19H26N2O/c1-2-3-4-5-6-7-12-19(22,17-10-8-13-20-15-17)18-11-9-14-21-16-18/h8-11,13-16,22H,2-7,12H2,1H3. The van der Waals surface area contributed by atoms with Gasteiger partial charge in [-0.3, -0.25) is 9.97 Å². The zero-order valence-corrected chi connectivity index (χ0v) is 13.4. The van der Waals surface area contributed by atoms with Crippen molar-refractivity contribution >= 4 is 0 Å². The topological polar surface area (TPSA) is 46.0 Å². The summed E-state index contributed by atoms with van der Waals surface area (Å²) in [6.07, 6.45) is 14.9.